The van der Waals surface area contributed by atoms with Crippen LogP contribution in [0.25, 0.3) is 0 Å². The topological polar surface area (TPSA) is 136 Å². The molecule has 2 saturated carbocycles. The van der Waals surface area contributed by atoms with Crippen molar-refractivity contribution in [3.05, 3.63) is 33.8 Å². The number of halogens is 2. The smallest absolute Gasteiger partial charge is 0.303 e. The summed E-state index contributed by atoms with van der Waals surface area (Å²) >= 11 is 12.2. The van der Waals surface area contributed by atoms with Crippen LogP contribution in [-0.4, -0.2) is 82.8 Å². The van der Waals surface area contributed by atoms with E-state index < -0.39 is 29.9 Å². The summed E-state index contributed by atoms with van der Waals surface area (Å²) in [6.07, 6.45) is 12.9. The maximum Gasteiger partial charge on any atom is 0.303 e. The van der Waals surface area contributed by atoms with Gasteiger partial charge in [-0.25, -0.2) is 0 Å². The van der Waals surface area contributed by atoms with E-state index in [0.717, 1.165) is 25.7 Å². The van der Waals surface area contributed by atoms with Gasteiger partial charge in [0, 0.05) is 54.6 Å². The van der Waals surface area contributed by atoms with Crippen LogP contribution < -0.4 is 10.6 Å². The molecule has 258 valence electrons. The minimum atomic E-state index is -1.05. The van der Waals surface area contributed by atoms with E-state index in [1.54, 1.807) is 9.80 Å². The van der Waals surface area contributed by atoms with E-state index in [2.05, 4.69) is 10.6 Å². The van der Waals surface area contributed by atoms with Crippen molar-refractivity contribution >= 4 is 52.8 Å². The van der Waals surface area contributed by atoms with E-state index in [-0.39, 0.29) is 53.1 Å². The van der Waals surface area contributed by atoms with Crippen LogP contribution in [0, 0.1) is 10.8 Å². The summed E-state index contributed by atoms with van der Waals surface area (Å²) in [6, 6.07) is 2.49. The molecule has 2 spiro atoms. The van der Waals surface area contributed by atoms with E-state index in [1.165, 1.54) is 69.6 Å². The second kappa shape index (κ2) is 15.6. The first-order valence-electron chi connectivity index (χ1n) is 17.3. The van der Waals surface area contributed by atoms with Gasteiger partial charge in [0.25, 0.3) is 5.91 Å². The highest BCUT2D eigenvalue weighted by atomic mass is 35.5. The predicted molar refractivity (Wildman–Crippen MR) is 179 cm³/mol. The maximum absolute atomic E-state index is 13.8. The largest absolute Gasteiger partial charge is 0.481 e. The number of aliphatic carboxylic acids is 1. The molecule has 4 aliphatic rings. The lowest BCUT2D eigenvalue weighted by atomic mass is 9.77. The van der Waals surface area contributed by atoms with Crippen molar-refractivity contribution in [1.29, 1.82) is 0 Å². The van der Waals surface area contributed by atoms with Gasteiger partial charge in [-0.3, -0.25) is 24.0 Å². The molecule has 47 heavy (non-hydrogen) atoms. The van der Waals surface area contributed by atoms with Crippen LogP contribution in [0.3, 0.4) is 0 Å². The van der Waals surface area contributed by atoms with E-state index >= 15 is 0 Å². The molecule has 1 aromatic carbocycles. The average Bonchev–Trinajstić information content (AvgIpc) is 3.70. The van der Waals surface area contributed by atoms with Crippen LogP contribution in [0.1, 0.15) is 113 Å². The first kappa shape index (κ1) is 35.5. The Morgan fingerprint density at radius 2 is 1.09 bits per heavy atom. The minimum Gasteiger partial charge on any atom is -0.481 e. The van der Waals surface area contributed by atoms with Gasteiger partial charge in [0.1, 0.15) is 12.1 Å². The summed E-state index contributed by atoms with van der Waals surface area (Å²) in [7, 11) is 0. The van der Waals surface area contributed by atoms with Crippen molar-refractivity contribution in [3.8, 4) is 0 Å². The Bertz CT molecular complexity index is 1300. The molecule has 1 unspecified atom stereocenters. The lowest BCUT2D eigenvalue weighted by Crippen LogP contribution is -2.53. The van der Waals surface area contributed by atoms with Gasteiger partial charge in [-0.1, -0.05) is 48.9 Å². The fourth-order valence-electron chi connectivity index (χ4n) is 8.34. The van der Waals surface area contributed by atoms with E-state index in [9.17, 15) is 29.1 Å². The number of hydrogen-bond acceptors (Lipinski definition) is 5. The number of amides is 4. The second-order valence-electron chi connectivity index (χ2n) is 14.3. The Hall–Kier alpha value is -2.85. The molecule has 2 atom stereocenters. The third-order valence-electron chi connectivity index (χ3n) is 11.3. The molecule has 10 nitrogen and oxygen atoms in total. The standard InChI is InChI=1S/C35H48Cl2N4O6/c36-25-21-24(22-26(37)23-25)31(45)39-28(33(47)41-19-15-35(16-20-41)11-3-4-12-35)5-7-29(42)38-27(6-8-30(43)44)32(46)40-17-13-34(14-18-40)9-1-2-10-34/h21-23,27-28H,1-20H2,(H,38,42)(H,39,45)(H,43,44)/t27-,28?/m0/s1. The van der Waals surface area contributed by atoms with Gasteiger partial charge in [-0.05, 0) is 93.2 Å². The second-order valence-corrected chi connectivity index (χ2v) is 15.2. The van der Waals surface area contributed by atoms with Crippen LogP contribution >= 0.6 is 23.2 Å². The molecule has 4 fully saturated rings. The first-order valence-corrected chi connectivity index (χ1v) is 18.1. The fraction of sp³-hybridized carbons (Fsp3) is 0.686. The summed E-state index contributed by atoms with van der Waals surface area (Å²) in [4.78, 5) is 68.9. The monoisotopic (exact) mass is 690 g/mol. The number of nitrogens with one attached hydrogen (secondary N) is 2. The Kier molecular flexibility index (Phi) is 11.8. The first-order chi connectivity index (χ1) is 22.5. The Morgan fingerprint density at radius 1 is 0.660 bits per heavy atom. The molecule has 0 aromatic heterocycles. The maximum atomic E-state index is 13.8. The van der Waals surface area contributed by atoms with Gasteiger partial charge in [-0.15, -0.1) is 0 Å². The van der Waals surface area contributed by atoms with Gasteiger partial charge < -0.3 is 25.5 Å². The third-order valence-corrected chi connectivity index (χ3v) is 11.7. The molecular weight excluding hydrogens is 643 g/mol. The molecule has 2 aliphatic heterocycles. The molecule has 0 radical (unpaired) electrons. The summed E-state index contributed by atoms with van der Waals surface area (Å²) in [6.45, 7) is 2.41. The highest BCUT2D eigenvalue weighted by Gasteiger charge is 2.41. The van der Waals surface area contributed by atoms with Gasteiger partial charge in [0.05, 0.1) is 0 Å². The molecule has 1 aromatic rings. The molecule has 4 amide bonds. The molecule has 0 bridgehead atoms. The van der Waals surface area contributed by atoms with Gasteiger partial charge in [0.15, 0.2) is 0 Å². The quantitative estimate of drug-likeness (QED) is 0.277. The van der Waals surface area contributed by atoms with Crippen molar-refractivity contribution < 1.29 is 29.1 Å². The predicted octanol–water partition coefficient (Wildman–Crippen LogP) is 5.59. The molecular formula is C35H48Cl2N4O6. The zero-order valence-electron chi connectivity index (χ0n) is 27.2. The number of rotatable bonds is 11. The highest BCUT2D eigenvalue weighted by Crippen LogP contribution is 2.47. The lowest BCUT2D eigenvalue weighted by molar-refractivity contribution is -0.141. The SMILES string of the molecule is O=C(O)CC[C@H](NC(=O)CCC(NC(=O)c1cc(Cl)cc(Cl)c1)C(=O)N1CCC2(CCCC2)CC1)C(=O)N1CCC2(CCCC2)CC1. The van der Waals surface area contributed by atoms with Crippen LogP contribution in [0.5, 0.6) is 0 Å². The van der Waals surface area contributed by atoms with E-state index in [1.807, 2.05) is 0 Å². The Morgan fingerprint density at radius 3 is 1.53 bits per heavy atom. The molecule has 5 rings (SSSR count). The Balaban J connectivity index is 1.23. The van der Waals surface area contributed by atoms with Gasteiger partial charge >= 0.3 is 5.97 Å². The van der Waals surface area contributed by atoms with Gasteiger partial charge in [-0.2, -0.15) is 0 Å². The van der Waals surface area contributed by atoms with Crippen molar-refractivity contribution in [3.63, 3.8) is 0 Å². The van der Waals surface area contributed by atoms with Gasteiger partial charge in [0.2, 0.25) is 17.7 Å². The Labute approximate surface area is 287 Å². The summed E-state index contributed by atoms with van der Waals surface area (Å²) in [5, 5.41) is 15.5. The van der Waals surface area contributed by atoms with E-state index in [0.29, 0.717) is 37.0 Å². The van der Waals surface area contributed by atoms with Crippen LogP contribution in [-0.2, 0) is 19.2 Å². The highest BCUT2D eigenvalue weighted by molar-refractivity contribution is 6.35. The van der Waals surface area contributed by atoms with E-state index in [4.69, 9.17) is 23.2 Å². The van der Waals surface area contributed by atoms with Crippen LogP contribution in [0.4, 0.5) is 0 Å². The summed E-state index contributed by atoms with van der Waals surface area (Å²) in [5.41, 5.74) is 0.815. The number of carbonyl (C=O) groups is 5. The lowest BCUT2D eigenvalue weighted by Gasteiger charge is -2.40. The van der Waals surface area contributed by atoms with Crippen molar-refractivity contribution in [1.82, 2.24) is 20.4 Å². The van der Waals surface area contributed by atoms with Crippen LogP contribution in [0.15, 0.2) is 18.2 Å². The molecule has 2 heterocycles. The number of likely N-dealkylation sites (tertiary alicyclic amines) is 2. The molecule has 2 aliphatic carbocycles. The number of carboxylic acids is 1. The zero-order chi connectivity index (χ0) is 33.6. The number of carboxylic acid groups (broad SMARTS) is 1. The van der Waals surface area contributed by atoms with Crippen molar-refractivity contribution in [2.75, 3.05) is 26.2 Å². The molecule has 12 heteroatoms. The number of benzene rings is 1. The minimum absolute atomic E-state index is 0.0123. The molecule has 3 N–H and O–H groups in total. The summed E-state index contributed by atoms with van der Waals surface area (Å²) < 4.78 is 0. The normalized spacial score (nSPS) is 21.4. The number of hydrogen-bond donors (Lipinski definition) is 3. The number of nitrogens with zero attached hydrogens (tertiary/aromatic N) is 2. The molecule has 2 saturated heterocycles. The number of carbonyl (C=O) groups excluding carboxylic acids is 4. The summed E-state index contributed by atoms with van der Waals surface area (Å²) in [5.74, 6) is -2.56. The zero-order valence-corrected chi connectivity index (χ0v) is 28.7. The number of piperidine rings is 2. The van der Waals surface area contributed by atoms with Crippen molar-refractivity contribution in [2.24, 2.45) is 10.8 Å². The fourth-order valence-corrected chi connectivity index (χ4v) is 8.87. The van der Waals surface area contributed by atoms with Crippen LogP contribution in [0.2, 0.25) is 10.0 Å². The third kappa shape index (κ3) is 9.19. The van der Waals surface area contributed by atoms with Crippen molar-refractivity contribution in [2.45, 2.75) is 115 Å². The average molecular weight is 692 g/mol.